The fourth-order valence-corrected chi connectivity index (χ4v) is 4.69. The van der Waals surface area contributed by atoms with Crippen LogP contribution in [0.25, 0.3) is 0 Å². The minimum absolute atomic E-state index is 0.0343. The summed E-state index contributed by atoms with van der Waals surface area (Å²) in [5.74, 6) is -3.13. The van der Waals surface area contributed by atoms with Crippen molar-refractivity contribution in [3.8, 4) is 5.75 Å². The Kier molecular flexibility index (Phi) is 7.84. The zero-order valence-electron chi connectivity index (χ0n) is 15.8. The normalized spacial score (nSPS) is 13.0. The van der Waals surface area contributed by atoms with E-state index < -0.39 is 31.7 Å². The Morgan fingerprint density at radius 1 is 1.07 bits per heavy atom. The van der Waals surface area contributed by atoms with Crippen LogP contribution < -0.4 is 4.74 Å². The van der Waals surface area contributed by atoms with Gasteiger partial charge in [0, 0.05) is 18.1 Å². The topological polar surface area (TPSA) is 137 Å². The Hall–Kier alpha value is -2.80. The lowest BCUT2D eigenvalue weighted by Crippen LogP contribution is -2.24. The molecule has 1 atom stereocenters. The largest absolute Gasteiger partial charge is 0.497 e. The molecule has 8 nitrogen and oxygen atoms in total. The number of aliphatic carboxylic acids is 2. The van der Waals surface area contributed by atoms with Crippen molar-refractivity contribution in [1.29, 1.82) is 0 Å². The summed E-state index contributed by atoms with van der Waals surface area (Å²) in [7, 11) is -2.50. The second-order valence-electron chi connectivity index (χ2n) is 6.38. The first-order chi connectivity index (χ1) is 13.7. The van der Waals surface area contributed by atoms with Gasteiger partial charge in [-0.1, -0.05) is 24.3 Å². The van der Waals surface area contributed by atoms with Crippen molar-refractivity contribution in [1.82, 2.24) is 0 Å². The number of benzene rings is 2. The standard InChI is InChI=1S/C20H22NO7P/c1-28-17-9-5-8-16(12-17)21-19(14-6-3-2-4-7-14)29(26,27)13-15(20(24)25)10-11-18(22)23/h2-9,12,15,26-27H,10-11,13H2,1H3,(H-,22,23,24,25)/p+1. The summed E-state index contributed by atoms with van der Waals surface area (Å²) in [6, 6.07) is 15.1. The summed E-state index contributed by atoms with van der Waals surface area (Å²) in [5, 5.41) is 18.2. The van der Waals surface area contributed by atoms with Gasteiger partial charge in [-0.3, -0.25) is 9.59 Å². The molecule has 0 saturated carbocycles. The summed E-state index contributed by atoms with van der Waals surface area (Å²) in [6.45, 7) is 0. The number of rotatable bonds is 10. The van der Waals surface area contributed by atoms with Crippen molar-refractivity contribution in [2.24, 2.45) is 10.9 Å². The van der Waals surface area contributed by atoms with Crippen LogP contribution in [0.2, 0.25) is 0 Å². The van der Waals surface area contributed by atoms with E-state index in [0.717, 1.165) is 0 Å². The number of carboxylic acid groups (broad SMARTS) is 2. The molecule has 0 bridgehead atoms. The Morgan fingerprint density at radius 2 is 1.76 bits per heavy atom. The van der Waals surface area contributed by atoms with Crippen LogP contribution >= 0.6 is 7.72 Å². The van der Waals surface area contributed by atoms with E-state index in [2.05, 4.69) is 4.99 Å². The zero-order valence-corrected chi connectivity index (χ0v) is 16.7. The predicted molar refractivity (Wildman–Crippen MR) is 110 cm³/mol. The van der Waals surface area contributed by atoms with Crippen molar-refractivity contribution >= 4 is 30.8 Å². The van der Waals surface area contributed by atoms with Gasteiger partial charge in [0.05, 0.1) is 18.7 Å². The minimum atomic E-state index is -4.00. The molecule has 2 rings (SSSR count). The van der Waals surface area contributed by atoms with Gasteiger partial charge in [-0.05, 0) is 30.7 Å². The van der Waals surface area contributed by atoms with Gasteiger partial charge in [-0.2, -0.15) is 0 Å². The number of aliphatic imine (C=N–C) groups is 1. The predicted octanol–water partition coefficient (Wildman–Crippen LogP) is 3.17. The molecule has 1 unspecified atom stereocenters. The maximum atomic E-state index is 11.5. The Morgan fingerprint density at radius 3 is 2.34 bits per heavy atom. The smallest absolute Gasteiger partial charge is 0.320 e. The van der Waals surface area contributed by atoms with Crippen molar-refractivity contribution in [3.05, 3.63) is 60.2 Å². The fourth-order valence-electron chi connectivity index (χ4n) is 2.73. The van der Waals surface area contributed by atoms with Gasteiger partial charge in [0.1, 0.15) is 11.9 Å². The Bertz CT molecular complexity index is 883. The van der Waals surface area contributed by atoms with Gasteiger partial charge in [-0.15, -0.1) is 0 Å². The van der Waals surface area contributed by atoms with Crippen molar-refractivity contribution < 1.29 is 34.3 Å². The van der Waals surface area contributed by atoms with E-state index in [9.17, 15) is 24.5 Å². The van der Waals surface area contributed by atoms with Crippen LogP contribution in [0.1, 0.15) is 18.4 Å². The monoisotopic (exact) mass is 420 g/mol. The van der Waals surface area contributed by atoms with Crippen LogP contribution in [0.5, 0.6) is 5.75 Å². The van der Waals surface area contributed by atoms with E-state index in [1.54, 1.807) is 54.6 Å². The molecular formula is C20H23NO7P+. The molecule has 29 heavy (non-hydrogen) atoms. The summed E-state index contributed by atoms with van der Waals surface area (Å²) in [5.41, 5.74) is 0.817. The summed E-state index contributed by atoms with van der Waals surface area (Å²) < 4.78 is 5.16. The third kappa shape index (κ3) is 6.64. The first kappa shape index (κ1) is 22.5. The van der Waals surface area contributed by atoms with E-state index in [-0.39, 0.29) is 18.3 Å². The van der Waals surface area contributed by atoms with E-state index in [4.69, 9.17) is 9.84 Å². The van der Waals surface area contributed by atoms with Crippen LogP contribution in [-0.4, -0.2) is 50.7 Å². The van der Waals surface area contributed by atoms with E-state index in [0.29, 0.717) is 17.0 Å². The molecule has 0 fully saturated rings. The number of nitrogens with zero attached hydrogens (tertiary/aromatic N) is 1. The highest BCUT2D eigenvalue weighted by atomic mass is 31.2. The summed E-state index contributed by atoms with van der Waals surface area (Å²) >= 11 is 0. The van der Waals surface area contributed by atoms with Gasteiger partial charge in [0.15, 0.2) is 0 Å². The molecule has 0 radical (unpaired) electrons. The molecule has 0 heterocycles. The van der Waals surface area contributed by atoms with Gasteiger partial charge >= 0.3 is 19.7 Å². The summed E-state index contributed by atoms with van der Waals surface area (Å²) in [6.07, 6.45) is -1.10. The Labute approximate surface area is 168 Å². The molecule has 0 amide bonds. The van der Waals surface area contributed by atoms with Gasteiger partial charge in [0.25, 0.3) is 0 Å². The van der Waals surface area contributed by atoms with Crippen LogP contribution in [0, 0.1) is 5.92 Å². The Balaban J connectivity index is 2.44. The minimum Gasteiger partial charge on any atom is -0.497 e. The lowest BCUT2D eigenvalue weighted by atomic mass is 10.1. The lowest BCUT2D eigenvalue weighted by molar-refractivity contribution is -0.142. The number of hydrogen-bond acceptors (Lipinski definition) is 6. The molecule has 0 aliphatic heterocycles. The maximum absolute atomic E-state index is 11.5. The highest BCUT2D eigenvalue weighted by Crippen LogP contribution is 2.56. The molecule has 0 aromatic heterocycles. The van der Waals surface area contributed by atoms with E-state index in [1.807, 2.05) is 0 Å². The molecule has 0 saturated heterocycles. The molecule has 0 aliphatic carbocycles. The molecule has 9 heteroatoms. The average molecular weight is 420 g/mol. The molecule has 2 aromatic carbocycles. The van der Waals surface area contributed by atoms with Crippen LogP contribution in [0.15, 0.2) is 59.6 Å². The SMILES string of the molecule is COc1cccc(N=C(c2ccccc2)[P+](O)(O)CC(CCC(=O)O)C(=O)O)c1. The number of ether oxygens (including phenoxy) is 1. The highest BCUT2D eigenvalue weighted by Gasteiger charge is 2.46. The number of methoxy groups -OCH3 is 1. The van der Waals surface area contributed by atoms with E-state index in [1.165, 1.54) is 7.11 Å². The first-order valence-electron chi connectivity index (χ1n) is 8.80. The molecule has 4 N–H and O–H groups in total. The second-order valence-corrected chi connectivity index (χ2v) is 8.63. The van der Waals surface area contributed by atoms with Crippen molar-refractivity contribution in [3.63, 3.8) is 0 Å². The van der Waals surface area contributed by atoms with E-state index >= 15 is 0 Å². The van der Waals surface area contributed by atoms with Crippen LogP contribution in [-0.2, 0) is 9.59 Å². The van der Waals surface area contributed by atoms with Gasteiger partial charge < -0.3 is 14.9 Å². The van der Waals surface area contributed by atoms with Gasteiger partial charge in [-0.25, -0.2) is 14.8 Å². The van der Waals surface area contributed by atoms with Crippen LogP contribution in [0.3, 0.4) is 0 Å². The number of carboxylic acids is 2. The molecule has 0 aliphatic rings. The van der Waals surface area contributed by atoms with Crippen molar-refractivity contribution in [2.75, 3.05) is 13.3 Å². The second kappa shape index (κ2) is 10.1. The first-order valence-corrected chi connectivity index (χ1v) is 10.7. The average Bonchev–Trinajstić information content (AvgIpc) is 2.69. The third-order valence-electron chi connectivity index (χ3n) is 4.19. The lowest BCUT2D eigenvalue weighted by Gasteiger charge is -2.18. The number of hydrogen-bond donors (Lipinski definition) is 4. The van der Waals surface area contributed by atoms with Crippen molar-refractivity contribution in [2.45, 2.75) is 12.8 Å². The fraction of sp³-hybridized carbons (Fsp3) is 0.250. The highest BCUT2D eigenvalue weighted by molar-refractivity contribution is 7.82. The number of carbonyl (C=O) groups is 2. The zero-order chi connectivity index (χ0) is 21.4. The third-order valence-corrected chi connectivity index (χ3v) is 6.18. The van der Waals surface area contributed by atoms with Gasteiger partial charge in [0.2, 0.25) is 5.45 Å². The molecule has 0 spiro atoms. The summed E-state index contributed by atoms with van der Waals surface area (Å²) in [4.78, 5) is 48.5. The maximum Gasteiger partial charge on any atom is 0.320 e. The molecular weight excluding hydrogens is 397 g/mol. The van der Waals surface area contributed by atoms with Crippen LogP contribution in [0.4, 0.5) is 5.69 Å². The molecule has 154 valence electrons. The molecule has 2 aromatic rings. The quantitative estimate of drug-likeness (QED) is 0.342.